The highest BCUT2D eigenvalue weighted by atomic mass is 16.5. The van der Waals surface area contributed by atoms with Crippen molar-refractivity contribution < 1.29 is 19.4 Å². The quantitative estimate of drug-likeness (QED) is 0.361. The summed E-state index contributed by atoms with van der Waals surface area (Å²) in [5.74, 6) is 0.174. The van der Waals surface area contributed by atoms with Gasteiger partial charge in [0.05, 0.1) is 6.10 Å². The first-order valence-electron chi connectivity index (χ1n) is 10.1. The van der Waals surface area contributed by atoms with Crippen LogP contribution in [0.1, 0.15) is 71.6 Å². The van der Waals surface area contributed by atoms with E-state index in [1.54, 1.807) is 7.11 Å². The first-order valence-corrected chi connectivity index (χ1v) is 10.1. The maximum Gasteiger partial charge on any atom is 0.303 e. The van der Waals surface area contributed by atoms with Gasteiger partial charge < -0.3 is 9.84 Å². The monoisotopic (exact) mass is 364 g/mol. The van der Waals surface area contributed by atoms with E-state index in [4.69, 9.17) is 9.84 Å². The van der Waals surface area contributed by atoms with E-state index in [1.165, 1.54) is 25.7 Å². The van der Waals surface area contributed by atoms with Crippen molar-refractivity contribution >= 4 is 11.8 Å². The van der Waals surface area contributed by atoms with Crippen molar-refractivity contribution in [2.24, 2.45) is 17.8 Å². The fraction of sp³-hybridized carbons (Fsp3) is 0.727. The molecule has 148 valence electrons. The lowest BCUT2D eigenvalue weighted by atomic mass is 9.89. The number of carboxylic acids is 1. The molecule has 0 saturated heterocycles. The third-order valence-electron chi connectivity index (χ3n) is 5.26. The molecule has 0 unspecified atom stereocenters. The lowest BCUT2D eigenvalue weighted by Crippen LogP contribution is -2.20. The molecule has 0 radical (unpaired) electrons. The van der Waals surface area contributed by atoms with Crippen LogP contribution in [0.5, 0.6) is 0 Å². The number of Topliss-reactive ketones (excluding diaryl/α,β-unsaturated/α-hetero) is 1. The fourth-order valence-corrected chi connectivity index (χ4v) is 3.61. The van der Waals surface area contributed by atoms with E-state index >= 15 is 0 Å². The van der Waals surface area contributed by atoms with Gasteiger partial charge in [-0.3, -0.25) is 9.59 Å². The van der Waals surface area contributed by atoms with Gasteiger partial charge in [0.2, 0.25) is 0 Å². The SMILES string of the molecule is CCCCC[C@H](C)/C=C/[C@H]1[C@H](OC)CC(=O)[C@@H]1C/C=C\CCCC(=O)O. The van der Waals surface area contributed by atoms with Gasteiger partial charge in [-0.1, -0.05) is 57.4 Å². The van der Waals surface area contributed by atoms with Crippen LogP contribution < -0.4 is 0 Å². The molecule has 1 aliphatic carbocycles. The summed E-state index contributed by atoms with van der Waals surface area (Å²) in [6, 6.07) is 0. The number of aliphatic carboxylic acids is 1. The Kier molecular flexibility index (Phi) is 11.2. The number of ketones is 1. The van der Waals surface area contributed by atoms with Crippen molar-refractivity contribution in [3.8, 4) is 0 Å². The van der Waals surface area contributed by atoms with Gasteiger partial charge in [0.15, 0.2) is 0 Å². The third kappa shape index (κ3) is 8.31. The minimum atomic E-state index is -0.759. The zero-order valence-electron chi connectivity index (χ0n) is 16.7. The van der Waals surface area contributed by atoms with Crippen LogP contribution in [0, 0.1) is 17.8 Å². The lowest BCUT2D eigenvalue weighted by molar-refractivity contribution is -0.137. The zero-order valence-corrected chi connectivity index (χ0v) is 16.7. The Morgan fingerprint density at radius 3 is 2.73 bits per heavy atom. The molecule has 26 heavy (non-hydrogen) atoms. The number of methoxy groups -OCH3 is 1. The van der Waals surface area contributed by atoms with Gasteiger partial charge in [0, 0.05) is 31.8 Å². The molecule has 0 aromatic heterocycles. The van der Waals surface area contributed by atoms with Gasteiger partial charge in [-0.2, -0.15) is 0 Å². The Hall–Kier alpha value is -1.42. The lowest BCUT2D eigenvalue weighted by Gasteiger charge is -2.19. The summed E-state index contributed by atoms with van der Waals surface area (Å²) in [6.07, 6.45) is 16.2. The van der Waals surface area contributed by atoms with Gasteiger partial charge in [0.25, 0.3) is 0 Å². The molecule has 1 fully saturated rings. The highest BCUT2D eigenvalue weighted by Crippen LogP contribution is 2.35. The molecule has 0 spiro atoms. The smallest absolute Gasteiger partial charge is 0.303 e. The molecule has 4 atom stereocenters. The topological polar surface area (TPSA) is 63.6 Å². The van der Waals surface area contributed by atoms with Crippen LogP contribution in [-0.2, 0) is 14.3 Å². The number of carboxylic acid groups (broad SMARTS) is 1. The predicted octanol–water partition coefficient (Wildman–Crippen LogP) is 5.18. The van der Waals surface area contributed by atoms with Crippen molar-refractivity contribution in [1.82, 2.24) is 0 Å². The normalized spacial score (nSPS) is 24.7. The second-order valence-electron chi connectivity index (χ2n) is 7.48. The second kappa shape index (κ2) is 12.9. The number of rotatable bonds is 13. The maximum absolute atomic E-state index is 12.4. The molecule has 1 aliphatic rings. The minimum Gasteiger partial charge on any atom is -0.481 e. The summed E-state index contributed by atoms with van der Waals surface area (Å²) in [4.78, 5) is 22.9. The van der Waals surface area contributed by atoms with E-state index in [0.717, 1.165) is 6.42 Å². The van der Waals surface area contributed by atoms with E-state index in [0.29, 0.717) is 25.2 Å². The molecular formula is C22H36O4. The van der Waals surface area contributed by atoms with E-state index in [1.807, 2.05) is 12.2 Å². The summed E-state index contributed by atoms with van der Waals surface area (Å²) in [6.45, 7) is 4.45. The standard InChI is InChI=1S/C22H36O4/c1-4-5-8-11-17(2)14-15-19-18(20(23)16-21(19)26-3)12-9-6-7-10-13-22(24)25/h6,9,14-15,17-19,21H,4-5,7-8,10-13,16H2,1-3H3,(H,24,25)/b9-6-,15-14+/t17-,18+,19+,21+/m0/s1. The summed E-state index contributed by atoms with van der Waals surface area (Å²) in [5.41, 5.74) is 0. The van der Waals surface area contributed by atoms with Crippen LogP contribution >= 0.6 is 0 Å². The first kappa shape index (κ1) is 22.6. The molecule has 1 N–H and O–H groups in total. The number of unbranched alkanes of at least 4 members (excludes halogenated alkanes) is 3. The van der Waals surface area contributed by atoms with Crippen LogP contribution in [0.4, 0.5) is 0 Å². The summed E-state index contributed by atoms with van der Waals surface area (Å²) < 4.78 is 5.57. The number of hydrogen-bond donors (Lipinski definition) is 1. The molecule has 1 rings (SSSR count). The van der Waals surface area contributed by atoms with Crippen LogP contribution in [-0.4, -0.2) is 30.1 Å². The Morgan fingerprint density at radius 1 is 1.31 bits per heavy atom. The van der Waals surface area contributed by atoms with E-state index in [2.05, 4.69) is 26.0 Å². The first-order chi connectivity index (χ1) is 12.5. The van der Waals surface area contributed by atoms with Gasteiger partial charge in [-0.05, 0) is 31.6 Å². The summed E-state index contributed by atoms with van der Waals surface area (Å²) >= 11 is 0. The average Bonchev–Trinajstić information content (AvgIpc) is 2.91. The van der Waals surface area contributed by atoms with Gasteiger partial charge >= 0.3 is 5.97 Å². The highest BCUT2D eigenvalue weighted by Gasteiger charge is 2.40. The molecule has 4 nitrogen and oxygen atoms in total. The van der Waals surface area contributed by atoms with Gasteiger partial charge in [-0.25, -0.2) is 0 Å². The number of hydrogen-bond acceptors (Lipinski definition) is 3. The van der Waals surface area contributed by atoms with E-state index in [-0.39, 0.29) is 30.1 Å². The zero-order chi connectivity index (χ0) is 19.4. The number of allylic oxidation sites excluding steroid dienone is 3. The Morgan fingerprint density at radius 2 is 2.08 bits per heavy atom. The van der Waals surface area contributed by atoms with Crippen LogP contribution in [0.15, 0.2) is 24.3 Å². The molecule has 0 bridgehead atoms. The van der Waals surface area contributed by atoms with Crippen molar-refractivity contribution in [1.29, 1.82) is 0 Å². The molecule has 1 saturated carbocycles. The van der Waals surface area contributed by atoms with Gasteiger partial charge in [0.1, 0.15) is 5.78 Å². The minimum absolute atomic E-state index is 0.0187. The summed E-state index contributed by atoms with van der Waals surface area (Å²) in [7, 11) is 1.69. The second-order valence-corrected chi connectivity index (χ2v) is 7.48. The Bertz CT molecular complexity index is 481. The number of carbonyl (C=O) groups is 2. The maximum atomic E-state index is 12.4. The Balaban J connectivity index is 2.56. The van der Waals surface area contributed by atoms with Crippen LogP contribution in [0.2, 0.25) is 0 Å². The molecule has 0 aromatic rings. The molecular weight excluding hydrogens is 328 g/mol. The predicted molar refractivity (Wildman–Crippen MR) is 105 cm³/mol. The average molecular weight is 365 g/mol. The molecule has 4 heteroatoms. The van der Waals surface area contributed by atoms with Crippen molar-refractivity contribution in [2.75, 3.05) is 7.11 Å². The van der Waals surface area contributed by atoms with E-state index < -0.39 is 5.97 Å². The molecule has 0 heterocycles. The highest BCUT2D eigenvalue weighted by molar-refractivity contribution is 5.84. The molecule has 0 amide bonds. The van der Waals surface area contributed by atoms with Crippen LogP contribution in [0.25, 0.3) is 0 Å². The van der Waals surface area contributed by atoms with Crippen molar-refractivity contribution in [3.05, 3.63) is 24.3 Å². The van der Waals surface area contributed by atoms with Crippen molar-refractivity contribution in [2.45, 2.75) is 77.7 Å². The van der Waals surface area contributed by atoms with Crippen LogP contribution in [0.3, 0.4) is 0 Å². The summed E-state index contributed by atoms with van der Waals surface area (Å²) in [5, 5.41) is 8.65. The number of carbonyl (C=O) groups excluding carboxylic acids is 1. The molecule has 0 aliphatic heterocycles. The van der Waals surface area contributed by atoms with Gasteiger partial charge in [-0.15, -0.1) is 0 Å². The molecule has 0 aromatic carbocycles. The number of ether oxygens (including phenoxy) is 1. The van der Waals surface area contributed by atoms with Crippen molar-refractivity contribution in [3.63, 3.8) is 0 Å². The Labute approximate surface area is 158 Å². The largest absolute Gasteiger partial charge is 0.481 e. The van der Waals surface area contributed by atoms with E-state index in [9.17, 15) is 9.59 Å². The third-order valence-corrected chi connectivity index (χ3v) is 5.26. The fourth-order valence-electron chi connectivity index (χ4n) is 3.61.